The van der Waals surface area contributed by atoms with Crippen LogP contribution in [-0.4, -0.2) is 29.7 Å². The Morgan fingerprint density at radius 3 is 2.79 bits per heavy atom. The fourth-order valence-electron chi connectivity index (χ4n) is 2.55. The minimum atomic E-state index is -0.294. The highest BCUT2D eigenvalue weighted by Crippen LogP contribution is 2.40. The smallest absolute Gasteiger partial charge is 0.169 e. The number of aliphatic hydroxyl groups excluding tert-OH is 1. The summed E-state index contributed by atoms with van der Waals surface area (Å²) in [5, 5.41) is 8.88. The monoisotopic (exact) mass is 200 g/mol. The van der Waals surface area contributed by atoms with Crippen molar-refractivity contribution in [3.63, 3.8) is 0 Å². The van der Waals surface area contributed by atoms with Gasteiger partial charge in [0.15, 0.2) is 5.79 Å². The summed E-state index contributed by atoms with van der Waals surface area (Å²) in [6.45, 7) is 2.32. The Bertz CT molecular complexity index is 189. The maximum Gasteiger partial charge on any atom is 0.169 e. The molecule has 0 unspecified atom stereocenters. The Balaban J connectivity index is 1.93. The first-order valence-electron chi connectivity index (χ1n) is 5.71. The highest BCUT2D eigenvalue weighted by Gasteiger charge is 2.43. The number of aliphatic hydroxyl groups is 1. The minimum Gasteiger partial charge on any atom is -0.396 e. The van der Waals surface area contributed by atoms with E-state index in [0.717, 1.165) is 38.5 Å². The molecule has 3 heteroatoms. The predicted molar refractivity (Wildman–Crippen MR) is 52.9 cm³/mol. The quantitative estimate of drug-likeness (QED) is 0.739. The van der Waals surface area contributed by atoms with Crippen molar-refractivity contribution >= 4 is 0 Å². The number of hydrogen-bond donors (Lipinski definition) is 1. The van der Waals surface area contributed by atoms with E-state index < -0.39 is 0 Å². The first-order chi connectivity index (χ1) is 6.74. The minimum absolute atomic E-state index is 0.207. The van der Waals surface area contributed by atoms with Crippen molar-refractivity contribution in [2.75, 3.05) is 6.61 Å². The largest absolute Gasteiger partial charge is 0.396 e. The van der Waals surface area contributed by atoms with Gasteiger partial charge in [-0.1, -0.05) is 0 Å². The van der Waals surface area contributed by atoms with E-state index in [-0.39, 0.29) is 18.5 Å². The summed E-state index contributed by atoms with van der Waals surface area (Å²) >= 11 is 0. The zero-order chi connectivity index (χ0) is 10.0. The van der Waals surface area contributed by atoms with Crippen LogP contribution in [0.3, 0.4) is 0 Å². The molecule has 0 radical (unpaired) electrons. The van der Waals surface area contributed by atoms with Crippen LogP contribution in [-0.2, 0) is 9.47 Å². The van der Waals surface area contributed by atoms with Crippen LogP contribution in [0.5, 0.6) is 0 Å². The van der Waals surface area contributed by atoms with Crippen molar-refractivity contribution < 1.29 is 14.6 Å². The van der Waals surface area contributed by atoms with Gasteiger partial charge in [0.2, 0.25) is 0 Å². The van der Waals surface area contributed by atoms with E-state index in [2.05, 4.69) is 6.92 Å². The van der Waals surface area contributed by atoms with Crippen molar-refractivity contribution in [3.8, 4) is 0 Å². The van der Waals surface area contributed by atoms with Crippen LogP contribution >= 0.6 is 0 Å². The second kappa shape index (κ2) is 4.17. The SMILES string of the molecule is C[C@@H]1CC[C@]2(CCC[C@H](CCO)O2)O1. The van der Waals surface area contributed by atoms with Crippen LogP contribution < -0.4 is 0 Å². The first kappa shape index (κ1) is 10.4. The lowest BCUT2D eigenvalue weighted by molar-refractivity contribution is -0.269. The zero-order valence-electron chi connectivity index (χ0n) is 8.87. The molecule has 2 fully saturated rings. The highest BCUT2D eigenvalue weighted by molar-refractivity contribution is 4.84. The summed E-state index contributed by atoms with van der Waals surface area (Å²) in [5.41, 5.74) is 0. The number of rotatable bonds is 2. The lowest BCUT2D eigenvalue weighted by Gasteiger charge is -2.38. The van der Waals surface area contributed by atoms with E-state index in [1.807, 2.05) is 0 Å². The van der Waals surface area contributed by atoms with Gasteiger partial charge >= 0.3 is 0 Å². The lowest BCUT2D eigenvalue weighted by atomic mass is 9.97. The molecule has 82 valence electrons. The highest BCUT2D eigenvalue weighted by atomic mass is 16.7. The number of hydrogen-bond acceptors (Lipinski definition) is 3. The van der Waals surface area contributed by atoms with E-state index >= 15 is 0 Å². The molecule has 3 nitrogen and oxygen atoms in total. The normalized spacial score (nSPS) is 43.3. The molecule has 0 bridgehead atoms. The van der Waals surface area contributed by atoms with Gasteiger partial charge in [0.05, 0.1) is 12.2 Å². The van der Waals surface area contributed by atoms with E-state index in [1.165, 1.54) is 0 Å². The summed E-state index contributed by atoms with van der Waals surface area (Å²) < 4.78 is 11.8. The van der Waals surface area contributed by atoms with E-state index in [1.54, 1.807) is 0 Å². The molecule has 14 heavy (non-hydrogen) atoms. The van der Waals surface area contributed by atoms with Gasteiger partial charge in [-0.2, -0.15) is 0 Å². The van der Waals surface area contributed by atoms with Gasteiger partial charge in [0.1, 0.15) is 0 Å². The zero-order valence-corrected chi connectivity index (χ0v) is 8.87. The molecule has 2 heterocycles. The van der Waals surface area contributed by atoms with Crippen molar-refractivity contribution in [2.24, 2.45) is 0 Å². The Kier molecular flexibility index (Phi) is 3.10. The molecule has 0 aromatic heterocycles. The maximum atomic E-state index is 8.88. The van der Waals surface area contributed by atoms with Gasteiger partial charge in [-0.15, -0.1) is 0 Å². The molecule has 2 aliphatic heterocycles. The Morgan fingerprint density at radius 1 is 1.29 bits per heavy atom. The van der Waals surface area contributed by atoms with Crippen LogP contribution in [0.25, 0.3) is 0 Å². The van der Waals surface area contributed by atoms with Crippen molar-refractivity contribution in [1.82, 2.24) is 0 Å². The van der Waals surface area contributed by atoms with Gasteiger partial charge in [0.25, 0.3) is 0 Å². The predicted octanol–water partition coefficient (Wildman–Crippen LogP) is 1.83. The summed E-state index contributed by atoms with van der Waals surface area (Å²) in [7, 11) is 0. The van der Waals surface area contributed by atoms with Crippen molar-refractivity contribution in [2.45, 2.75) is 63.4 Å². The third-order valence-corrected chi connectivity index (χ3v) is 3.26. The van der Waals surface area contributed by atoms with Crippen LogP contribution in [0, 0.1) is 0 Å². The Morgan fingerprint density at radius 2 is 2.14 bits per heavy atom. The maximum absolute atomic E-state index is 8.88. The van der Waals surface area contributed by atoms with Gasteiger partial charge in [-0.05, 0) is 32.6 Å². The fourth-order valence-corrected chi connectivity index (χ4v) is 2.55. The van der Waals surface area contributed by atoms with E-state index in [9.17, 15) is 0 Å². The second-order valence-corrected chi connectivity index (χ2v) is 4.52. The molecule has 0 saturated carbocycles. The summed E-state index contributed by atoms with van der Waals surface area (Å²) in [4.78, 5) is 0. The standard InChI is InChI=1S/C11H20O3/c1-9-4-7-11(13-9)6-2-3-10(14-11)5-8-12/h9-10,12H,2-8H2,1H3/t9-,10-,11-/m1/s1. The Labute approximate surface area is 85.4 Å². The average molecular weight is 200 g/mol. The summed E-state index contributed by atoms with van der Waals surface area (Å²) in [6, 6.07) is 0. The van der Waals surface area contributed by atoms with Crippen molar-refractivity contribution in [1.29, 1.82) is 0 Å². The number of ether oxygens (including phenoxy) is 2. The second-order valence-electron chi connectivity index (χ2n) is 4.52. The molecule has 0 aromatic rings. The molecule has 2 rings (SSSR count). The molecule has 1 spiro atoms. The van der Waals surface area contributed by atoms with E-state index in [4.69, 9.17) is 14.6 Å². The average Bonchev–Trinajstić information content (AvgIpc) is 2.48. The molecule has 0 amide bonds. The molecule has 0 aromatic carbocycles. The Hall–Kier alpha value is -0.120. The van der Waals surface area contributed by atoms with Gasteiger partial charge in [-0.25, -0.2) is 0 Å². The topological polar surface area (TPSA) is 38.7 Å². The van der Waals surface area contributed by atoms with Crippen LogP contribution in [0.1, 0.15) is 45.4 Å². The van der Waals surface area contributed by atoms with Gasteiger partial charge < -0.3 is 14.6 Å². The molecule has 2 aliphatic rings. The molecule has 0 aliphatic carbocycles. The van der Waals surface area contributed by atoms with Gasteiger partial charge in [-0.3, -0.25) is 0 Å². The van der Waals surface area contributed by atoms with Crippen LogP contribution in [0.15, 0.2) is 0 Å². The van der Waals surface area contributed by atoms with Crippen LogP contribution in [0.4, 0.5) is 0 Å². The van der Waals surface area contributed by atoms with E-state index in [0.29, 0.717) is 6.10 Å². The molecule has 1 N–H and O–H groups in total. The fraction of sp³-hybridized carbons (Fsp3) is 1.00. The van der Waals surface area contributed by atoms with Gasteiger partial charge in [0, 0.05) is 19.4 Å². The first-order valence-corrected chi connectivity index (χ1v) is 5.71. The lowest BCUT2D eigenvalue weighted by Crippen LogP contribution is -2.40. The third kappa shape index (κ3) is 2.10. The summed E-state index contributed by atoms with van der Waals surface area (Å²) in [5.74, 6) is -0.294. The summed E-state index contributed by atoms with van der Waals surface area (Å²) in [6.07, 6.45) is 6.68. The molecular weight excluding hydrogens is 180 g/mol. The molecule has 3 atom stereocenters. The third-order valence-electron chi connectivity index (χ3n) is 3.26. The van der Waals surface area contributed by atoms with Crippen LogP contribution in [0.2, 0.25) is 0 Å². The van der Waals surface area contributed by atoms with Crippen molar-refractivity contribution in [3.05, 3.63) is 0 Å². The molecular formula is C11H20O3. The molecule has 2 saturated heterocycles.